The van der Waals surface area contributed by atoms with Crippen molar-refractivity contribution in [3.05, 3.63) is 51.6 Å². The molecular formula is C23H34N6O2. The van der Waals surface area contributed by atoms with Crippen molar-refractivity contribution >= 4 is 10.9 Å². The highest BCUT2D eigenvalue weighted by Gasteiger charge is 2.31. The van der Waals surface area contributed by atoms with E-state index in [0.717, 1.165) is 41.6 Å². The van der Waals surface area contributed by atoms with Crippen molar-refractivity contribution in [2.24, 2.45) is 0 Å². The van der Waals surface area contributed by atoms with Crippen LogP contribution in [0, 0.1) is 6.92 Å². The lowest BCUT2D eigenvalue weighted by Gasteiger charge is -2.33. The van der Waals surface area contributed by atoms with Crippen LogP contribution in [0.4, 0.5) is 0 Å². The predicted octanol–water partition coefficient (Wildman–Crippen LogP) is 3.30. The van der Waals surface area contributed by atoms with Crippen LogP contribution in [0.3, 0.4) is 0 Å². The molecule has 168 valence electrons. The van der Waals surface area contributed by atoms with Gasteiger partial charge in [-0.05, 0) is 67.6 Å². The number of aliphatic hydroxyl groups excluding tert-OH is 1. The monoisotopic (exact) mass is 426 g/mol. The second kappa shape index (κ2) is 9.70. The number of pyridine rings is 1. The van der Waals surface area contributed by atoms with Gasteiger partial charge in [-0.3, -0.25) is 9.69 Å². The molecule has 31 heavy (non-hydrogen) atoms. The zero-order valence-electron chi connectivity index (χ0n) is 19.2. The van der Waals surface area contributed by atoms with E-state index < -0.39 is 0 Å². The minimum atomic E-state index is -0.229. The molecule has 1 unspecified atom stereocenters. The molecule has 8 heteroatoms. The quantitative estimate of drug-likeness (QED) is 0.516. The van der Waals surface area contributed by atoms with E-state index in [1.807, 2.05) is 29.8 Å². The van der Waals surface area contributed by atoms with E-state index in [1.54, 1.807) is 0 Å². The van der Waals surface area contributed by atoms with E-state index in [1.165, 1.54) is 0 Å². The third-order valence-electron chi connectivity index (χ3n) is 6.07. The van der Waals surface area contributed by atoms with Gasteiger partial charge in [-0.2, -0.15) is 0 Å². The number of nitrogens with one attached hydrogen (secondary N) is 1. The number of aliphatic hydroxyl groups is 1. The number of H-pyrrole nitrogens is 1. The largest absolute Gasteiger partial charge is 0.395 e. The van der Waals surface area contributed by atoms with E-state index in [2.05, 4.69) is 59.2 Å². The van der Waals surface area contributed by atoms with Gasteiger partial charge in [-0.25, -0.2) is 4.68 Å². The van der Waals surface area contributed by atoms with Crippen molar-refractivity contribution in [1.82, 2.24) is 30.1 Å². The fourth-order valence-electron chi connectivity index (χ4n) is 3.91. The molecule has 1 atom stereocenters. The first-order valence-corrected chi connectivity index (χ1v) is 11.1. The fourth-order valence-corrected chi connectivity index (χ4v) is 3.91. The van der Waals surface area contributed by atoms with Crippen molar-refractivity contribution in [2.75, 3.05) is 13.2 Å². The molecule has 0 saturated carbocycles. The molecule has 0 bridgehead atoms. The number of fused-ring (bicyclic) bond motifs is 1. The molecule has 0 aliphatic carbocycles. The SMILES string of the molecule is CCCC(c1nnnn1C(C)(C)CC)N(CCO)Cc1cc2cc(C)ccc2[nH]c1=O. The van der Waals surface area contributed by atoms with Crippen molar-refractivity contribution in [1.29, 1.82) is 0 Å². The van der Waals surface area contributed by atoms with Gasteiger partial charge in [0.2, 0.25) is 0 Å². The number of aromatic amines is 1. The van der Waals surface area contributed by atoms with Gasteiger partial charge >= 0.3 is 0 Å². The Morgan fingerprint density at radius 3 is 2.71 bits per heavy atom. The first-order chi connectivity index (χ1) is 14.8. The van der Waals surface area contributed by atoms with E-state index >= 15 is 0 Å². The lowest BCUT2D eigenvalue weighted by Crippen LogP contribution is -2.37. The van der Waals surface area contributed by atoms with Gasteiger partial charge in [0.15, 0.2) is 5.82 Å². The fraction of sp³-hybridized carbons (Fsp3) is 0.565. The van der Waals surface area contributed by atoms with Crippen LogP contribution < -0.4 is 5.56 Å². The second-order valence-corrected chi connectivity index (χ2v) is 8.83. The number of nitrogens with zero attached hydrogens (tertiary/aromatic N) is 5. The number of aromatic nitrogens is 5. The third-order valence-corrected chi connectivity index (χ3v) is 6.07. The number of rotatable bonds is 10. The Labute approximate surface area is 183 Å². The number of benzene rings is 1. The third kappa shape index (κ3) is 5.02. The number of hydrogen-bond acceptors (Lipinski definition) is 6. The highest BCUT2D eigenvalue weighted by Crippen LogP contribution is 2.29. The number of hydrogen-bond donors (Lipinski definition) is 2. The molecule has 3 aromatic rings. The average Bonchev–Trinajstić information content (AvgIpc) is 3.23. The molecule has 0 amide bonds. The Bertz CT molecular complexity index is 1070. The Balaban J connectivity index is 2.02. The summed E-state index contributed by atoms with van der Waals surface area (Å²) in [6.45, 7) is 11.3. The average molecular weight is 427 g/mol. The van der Waals surface area contributed by atoms with Gasteiger partial charge < -0.3 is 10.1 Å². The van der Waals surface area contributed by atoms with E-state index in [0.29, 0.717) is 18.7 Å². The lowest BCUT2D eigenvalue weighted by molar-refractivity contribution is 0.122. The summed E-state index contributed by atoms with van der Waals surface area (Å²) in [6.07, 6.45) is 2.64. The van der Waals surface area contributed by atoms with Crippen LogP contribution in [-0.2, 0) is 12.1 Å². The van der Waals surface area contributed by atoms with E-state index in [4.69, 9.17) is 0 Å². The van der Waals surface area contributed by atoms with Crippen LogP contribution in [0.2, 0.25) is 0 Å². The van der Waals surface area contributed by atoms with E-state index in [-0.39, 0.29) is 23.7 Å². The van der Waals surface area contributed by atoms with Gasteiger partial charge in [-0.1, -0.05) is 31.9 Å². The highest BCUT2D eigenvalue weighted by molar-refractivity contribution is 5.79. The van der Waals surface area contributed by atoms with Crippen molar-refractivity contribution < 1.29 is 5.11 Å². The first-order valence-electron chi connectivity index (χ1n) is 11.1. The topological polar surface area (TPSA) is 99.9 Å². The van der Waals surface area contributed by atoms with Gasteiger partial charge in [0.05, 0.1) is 18.2 Å². The molecule has 2 heterocycles. The standard InChI is InChI=1S/C23H34N6O2/c1-6-8-20(21-25-26-27-29(21)23(4,5)7-2)28(11-12-30)15-18-14-17-13-16(3)9-10-19(17)24-22(18)31/h9-10,13-14,20,30H,6-8,11-12,15H2,1-5H3,(H,24,31). The molecule has 2 aromatic heterocycles. The lowest BCUT2D eigenvalue weighted by atomic mass is 10.0. The molecule has 2 N–H and O–H groups in total. The molecule has 0 radical (unpaired) electrons. The van der Waals surface area contributed by atoms with Crippen LogP contribution in [-0.4, -0.2) is 48.3 Å². The second-order valence-electron chi connectivity index (χ2n) is 8.83. The van der Waals surface area contributed by atoms with E-state index in [9.17, 15) is 9.90 Å². The van der Waals surface area contributed by atoms with Crippen molar-refractivity contribution in [3.8, 4) is 0 Å². The predicted molar refractivity (Wildman–Crippen MR) is 122 cm³/mol. The summed E-state index contributed by atoms with van der Waals surface area (Å²) >= 11 is 0. The summed E-state index contributed by atoms with van der Waals surface area (Å²) in [5.41, 5.74) is 2.30. The molecule has 3 rings (SSSR count). The zero-order valence-corrected chi connectivity index (χ0v) is 19.2. The maximum atomic E-state index is 12.8. The van der Waals surface area contributed by atoms with Gasteiger partial charge in [0.25, 0.3) is 5.56 Å². The smallest absolute Gasteiger partial charge is 0.252 e. The van der Waals surface area contributed by atoms with Crippen LogP contribution in [0.5, 0.6) is 0 Å². The molecule has 0 aliphatic heterocycles. The number of tetrazole rings is 1. The minimum absolute atomic E-state index is 0.0104. The summed E-state index contributed by atoms with van der Waals surface area (Å²) in [4.78, 5) is 17.9. The molecule has 1 aromatic carbocycles. The summed E-state index contributed by atoms with van der Waals surface area (Å²) in [5, 5.41) is 23.4. The van der Waals surface area contributed by atoms with Gasteiger partial charge in [0, 0.05) is 24.2 Å². The van der Waals surface area contributed by atoms with Gasteiger partial charge in [-0.15, -0.1) is 5.10 Å². The van der Waals surface area contributed by atoms with Gasteiger partial charge in [0.1, 0.15) is 0 Å². The molecule has 0 fully saturated rings. The zero-order chi connectivity index (χ0) is 22.6. The Hall–Kier alpha value is -2.58. The molecule has 0 spiro atoms. The Kier molecular flexibility index (Phi) is 7.23. The highest BCUT2D eigenvalue weighted by atomic mass is 16.3. The minimum Gasteiger partial charge on any atom is -0.395 e. The van der Waals surface area contributed by atoms with Crippen LogP contribution in [0.25, 0.3) is 10.9 Å². The van der Waals surface area contributed by atoms with Crippen LogP contribution in [0.1, 0.15) is 70.0 Å². The van der Waals surface area contributed by atoms with Crippen LogP contribution in [0.15, 0.2) is 29.1 Å². The number of aryl methyl sites for hydroxylation is 1. The summed E-state index contributed by atoms with van der Waals surface area (Å²) < 4.78 is 1.89. The summed E-state index contributed by atoms with van der Waals surface area (Å²) in [6, 6.07) is 7.84. The van der Waals surface area contributed by atoms with Crippen molar-refractivity contribution in [3.63, 3.8) is 0 Å². The summed E-state index contributed by atoms with van der Waals surface area (Å²) in [5.74, 6) is 0.773. The molecular weight excluding hydrogens is 392 g/mol. The Morgan fingerprint density at radius 2 is 2.03 bits per heavy atom. The van der Waals surface area contributed by atoms with Crippen molar-refractivity contribution in [2.45, 2.75) is 72.0 Å². The summed E-state index contributed by atoms with van der Waals surface area (Å²) in [7, 11) is 0. The molecule has 0 aliphatic rings. The first kappa shape index (κ1) is 23.1. The molecule has 0 saturated heterocycles. The normalized spacial score (nSPS) is 13.3. The maximum absolute atomic E-state index is 12.8. The molecule has 8 nitrogen and oxygen atoms in total. The van der Waals surface area contributed by atoms with Crippen LogP contribution >= 0.6 is 0 Å². The Morgan fingerprint density at radius 1 is 1.26 bits per heavy atom. The maximum Gasteiger partial charge on any atom is 0.252 e.